The highest BCUT2D eigenvalue weighted by atomic mass is 79.9. The molecule has 3 aromatic rings. The van der Waals surface area contributed by atoms with Crippen molar-refractivity contribution in [3.63, 3.8) is 0 Å². The number of hydrogen-bond donors (Lipinski definition) is 2. The second-order valence-corrected chi connectivity index (χ2v) is 10.7. The maximum absolute atomic E-state index is 13.0. The molecule has 2 heterocycles. The van der Waals surface area contributed by atoms with Crippen LogP contribution in [-0.2, 0) is 11.4 Å². The molecule has 2 aromatic carbocycles. The number of halogens is 3. The fourth-order valence-corrected chi connectivity index (χ4v) is 5.19. The first kappa shape index (κ1) is 27.2. The van der Waals surface area contributed by atoms with Crippen molar-refractivity contribution in [2.24, 2.45) is 0 Å². The maximum atomic E-state index is 13.0. The Labute approximate surface area is 240 Å². The van der Waals surface area contributed by atoms with Crippen LogP contribution in [0.25, 0.3) is 6.08 Å². The molecule has 2 N–H and O–H groups in total. The number of pyridine rings is 1. The number of carbonyl (C=O) groups is 2. The van der Waals surface area contributed by atoms with Crippen molar-refractivity contribution in [2.75, 3.05) is 12.4 Å². The zero-order chi connectivity index (χ0) is 26.5. The van der Waals surface area contributed by atoms with Crippen molar-refractivity contribution in [3.05, 3.63) is 85.4 Å². The standard InChI is InChI=1S/C24H17BrCl2N4O4S2/c1-34-19-9-13(8-16(25)21(19)35-12-15-4-2-3-7-28-15)10-20-22(32)31(24(36)37-20)30-23(33)29-14-5-6-17(26)18(27)11-14/h2-11H,12H2,1H3,(H2,29,30,33)/b20-10+. The highest BCUT2D eigenvalue weighted by Crippen LogP contribution is 2.39. The fourth-order valence-electron chi connectivity index (χ4n) is 3.14. The number of methoxy groups -OCH3 is 1. The number of urea groups is 1. The van der Waals surface area contributed by atoms with E-state index in [2.05, 4.69) is 31.7 Å². The summed E-state index contributed by atoms with van der Waals surface area (Å²) in [7, 11) is 1.52. The van der Waals surface area contributed by atoms with Gasteiger partial charge in [0.05, 0.1) is 32.2 Å². The van der Waals surface area contributed by atoms with E-state index in [1.54, 1.807) is 36.5 Å². The number of hydrazine groups is 1. The van der Waals surface area contributed by atoms with Gasteiger partial charge in [-0.1, -0.05) is 41.0 Å². The minimum Gasteiger partial charge on any atom is -0.493 e. The Morgan fingerprint density at radius 1 is 1.22 bits per heavy atom. The van der Waals surface area contributed by atoms with Gasteiger partial charge in [-0.3, -0.25) is 9.78 Å². The second kappa shape index (κ2) is 12.1. The molecule has 0 atom stereocenters. The molecule has 1 fully saturated rings. The van der Waals surface area contributed by atoms with Gasteiger partial charge in [0.15, 0.2) is 15.8 Å². The quantitative estimate of drug-likeness (QED) is 0.220. The minimum atomic E-state index is -0.672. The number of rotatable bonds is 7. The van der Waals surface area contributed by atoms with Crippen molar-refractivity contribution in [1.29, 1.82) is 0 Å². The minimum absolute atomic E-state index is 0.168. The first-order valence-electron chi connectivity index (χ1n) is 10.5. The average molecular weight is 640 g/mol. The lowest BCUT2D eigenvalue weighted by atomic mass is 10.2. The van der Waals surface area contributed by atoms with Gasteiger partial charge in [-0.25, -0.2) is 10.2 Å². The van der Waals surface area contributed by atoms with E-state index in [0.717, 1.165) is 22.5 Å². The topological polar surface area (TPSA) is 92.8 Å². The van der Waals surface area contributed by atoms with Gasteiger partial charge in [0, 0.05) is 11.9 Å². The monoisotopic (exact) mass is 638 g/mol. The number of nitrogens with zero attached hydrogens (tertiary/aromatic N) is 2. The third-order valence-corrected chi connectivity index (χ3v) is 7.45. The lowest BCUT2D eigenvalue weighted by Crippen LogP contribution is -2.46. The Morgan fingerprint density at radius 3 is 2.73 bits per heavy atom. The van der Waals surface area contributed by atoms with Crippen molar-refractivity contribution >= 4 is 91.1 Å². The molecule has 13 heteroatoms. The molecule has 190 valence electrons. The number of nitrogens with one attached hydrogen (secondary N) is 2. The van der Waals surface area contributed by atoms with Crippen molar-refractivity contribution in [1.82, 2.24) is 15.4 Å². The summed E-state index contributed by atoms with van der Waals surface area (Å²) in [6.07, 6.45) is 3.34. The molecule has 8 nitrogen and oxygen atoms in total. The molecule has 0 saturated carbocycles. The molecule has 3 amide bonds. The largest absolute Gasteiger partial charge is 0.493 e. The van der Waals surface area contributed by atoms with Crippen LogP contribution in [0, 0.1) is 0 Å². The number of aromatic nitrogens is 1. The third-order valence-electron chi connectivity index (χ3n) is 4.82. The normalized spacial score (nSPS) is 14.2. The van der Waals surface area contributed by atoms with Crippen LogP contribution in [0.1, 0.15) is 11.3 Å². The van der Waals surface area contributed by atoms with E-state index in [4.69, 9.17) is 44.9 Å². The molecule has 1 aliphatic heterocycles. The van der Waals surface area contributed by atoms with E-state index >= 15 is 0 Å². The Morgan fingerprint density at radius 2 is 2.03 bits per heavy atom. The molecule has 1 aromatic heterocycles. The predicted molar refractivity (Wildman–Crippen MR) is 153 cm³/mol. The predicted octanol–water partition coefficient (Wildman–Crippen LogP) is 6.68. The molecule has 1 saturated heterocycles. The van der Waals surface area contributed by atoms with E-state index in [0.29, 0.717) is 37.2 Å². The molecule has 1 aliphatic rings. The summed E-state index contributed by atoms with van der Waals surface area (Å²) in [6, 6.07) is 13.0. The molecular weight excluding hydrogens is 623 g/mol. The summed E-state index contributed by atoms with van der Waals surface area (Å²) in [6.45, 7) is 0.254. The SMILES string of the molecule is COc1cc(/C=C2/SC(=S)N(NC(=O)Nc3ccc(Cl)c(Cl)c3)C2=O)cc(Br)c1OCc1ccccn1. The third kappa shape index (κ3) is 6.74. The summed E-state index contributed by atoms with van der Waals surface area (Å²) in [5.41, 5.74) is 4.27. The van der Waals surface area contributed by atoms with Crippen molar-refractivity contribution < 1.29 is 19.1 Å². The average Bonchev–Trinajstić information content (AvgIpc) is 3.13. The molecule has 37 heavy (non-hydrogen) atoms. The van der Waals surface area contributed by atoms with Gasteiger partial charge in [-0.05, 0) is 82.3 Å². The molecular formula is C24H17BrCl2N4O4S2. The number of thiocarbonyl (C=S) groups is 1. The first-order chi connectivity index (χ1) is 17.7. The van der Waals surface area contributed by atoms with E-state index in [-0.39, 0.29) is 16.0 Å². The van der Waals surface area contributed by atoms with Gasteiger partial charge in [-0.15, -0.1) is 0 Å². The Hall–Kier alpha value is -2.83. The summed E-state index contributed by atoms with van der Waals surface area (Å²) >= 11 is 21.7. The lowest BCUT2D eigenvalue weighted by molar-refractivity contribution is -0.123. The van der Waals surface area contributed by atoms with Crippen LogP contribution in [0.2, 0.25) is 10.0 Å². The summed E-state index contributed by atoms with van der Waals surface area (Å²) in [5, 5.41) is 4.21. The van der Waals surface area contributed by atoms with Crippen molar-refractivity contribution in [3.8, 4) is 11.5 Å². The number of thioether (sulfide) groups is 1. The molecule has 0 aliphatic carbocycles. The van der Waals surface area contributed by atoms with Crippen LogP contribution in [-0.4, -0.2) is 33.4 Å². The van der Waals surface area contributed by atoms with Crippen LogP contribution < -0.4 is 20.2 Å². The first-order valence-corrected chi connectivity index (χ1v) is 13.2. The molecule has 0 radical (unpaired) electrons. The van der Waals surface area contributed by atoms with E-state index in [1.807, 2.05) is 18.2 Å². The van der Waals surface area contributed by atoms with Gasteiger partial charge in [0.1, 0.15) is 6.61 Å². The summed E-state index contributed by atoms with van der Waals surface area (Å²) < 4.78 is 12.2. The molecule has 0 unspecified atom stereocenters. The van der Waals surface area contributed by atoms with Crippen LogP contribution in [0.4, 0.5) is 10.5 Å². The van der Waals surface area contributed by atoms with Crippen LogP contribution in [0.15, 0.2) is 64.1 Å². The zero-order valence-electron chi connectivity index (χ0n) is 19.0. The van der Waals surface area contributed by atoms with Gasteiger partial charge in [0.25, 0.3) is 5.91 Å². The van der Waals surface area contributed by atoms with Crippen LogP contribution >= 0.6 is 63.1 Å². The number of amides is 3. The summed E-state index contributed by atoms with van der Waals surface area (Å²) in [4.78, 5) is 30.0. The molecule has 0 bridgehead atoms. The summed E-state index contributed by atoms with van der Waals surface area (Å²) in [5.74, 6) is 0.481. The number of anilines is 1. The lowest BCUT2D eigenvalue weighted by Gasteiger charge is -2.16. The van der Waals surface area contributed by atoms with E-state index in [9.17, 15) is 9.59 Å². The fraction of sp³-hybridized carbons (Fsp3) is 0.0833. The van der Waals surface area contributed by atoms with Gasteiger partial charge in [0.2, 0.25) is 0 Å². The Kier molecular flexibility index (Phi) is 8.93. The van der Waals surface area contributed by atoms with Crippen LogP contribution in [0.5, 0.6) is 11.5 Å². The molecule has 4 rings (SSSR count). The molecule has 0 spiro atoms. The second-order valence-electron chi connectivity index (χ2n) is 7.36. The smallest absolute Gasteiger partial charge is 0.338 e. The number of carbonyl (C=O) groups excluding carboxylic acids is 2. The van der Waals surface area contributed by atoms with Gasteiger partial charge in [-0.2, -0.15) is 5.01 Å². The van der Waals surface area contributed by atoms with E-state index in [1.165, 1.54) is 13.2 Å². The zero-order valence-corrected chi connectivity index (χ0v) is 23.7. The highest BCUT2D eigenvalue weighted by molar-refractivity contribution is 9.10. The Balaban J connectivity index is 1.46. The van der Waals surface area contributed by atoms with Crippen LogP contribution in [0.3, 0.4) is 0 Å². The number of benzene rings is 2. The van der Waals surface area contributed by atoms with E-state index < -0.39 is 11.9 Å². The number of ether oxygens (including phenoxy) is 2. The van der Waals surface area contributed by atoms with Crippen molar-refractivity contribution in [2.45, 2.75) is 6.61 Å². The number of hydrogen-bond acceptors (Lipinski definition) is 7. The maximum Gasteiger partial charge on any atom is 0.338 e. The van der Waals surface area contributed by atoms with Gasteiger partial charge >= 0.3 is 6.03 Å². The van der Waals surface area contributed by atoms with Gasteiger partial charge < -0.3 is 14.8 Å². The highest BCUT2D eigenvalue weighted by Gasteiger charge is 2.33. The Bertz CT molecular complexity index is 1410.